The Bertz CT molecular complexity index is 366. The van der Waals surface area contributed by atoms with E-state index in [9.17, 15) is 5.26 Å². The Labute approximate surface area is 117 Å². The molecule has 0 aromatic carbocycles. The summed E-state index contributed by atoms with van der Waals surface area (Å²) in [4.78, 5) is 0. The molecule has 1 saturated heterocycles. The predicted octanol–water partition coefficient (Wildman–Crippen LogP) is 4.59. The van der Waals surface area contributed by atoms with E-state index in [0.29, 0.717) is 6.10 Å². The van der Waals surface area contributed by atoms with Crippen molar-refractivity contribution in [1.82, 2.24) is 0 Å². The molecule has 106 valence electrons. The molecule has 1 spiro atoms. The van der Waals surface area contributed by atoms with Gasteiger partial charge >= 0.3 is 0 Å². The summed E-state index contributed by atoms with van der Waals surface area (Å²) in [5.41, 5.74) is 0.147. The largest absolute Gasteiger partial charge is 0.372 e. The lowest BCUT2D eigenvalue weighted by atomic mass is 9.68. The van der Waals surface area contributed by atoms with Crippen molar-refractivity contribution in [1.29, 1.82) is 5.26 Å². The first kappa shape index (κ1) is 13.4. The average molecular weight is 261 g/mol. The molecule has 2 saturated carbocycles. The number of nitrogens with zero attached hydrogens (tertiary/aromatic N) is 1. The molecule has 2 aliphatic carbocycles. The van der Waals surface area contributed by atoms with Gasteiger partial charge in [0.25, 0.3) is 0 Å². The monoisotopic (exact) mass is 261 g/mol. The Morgan fingerprint density at radius 2 is 1.89 bits per heavy atom. The smallest absolute Gasteiger partial charge is 0.0690 e. The second-order valence-electron chi connectivity index (χ2n) is 7.47. The van der Waals surface area contributed by atoms with Crippen LogP contribution in [0.4, 0.5) is 0 Å². The summed E-state index contributed by atoms with van der Waals surface area (Å²) in [5, 5.41) is 9.67. The highest BCUT2D eigenvalue weighted by molar-refractivity contribution is 5.04. The molecular weight excluding hydrogens is 234 g/mol. The summed E-state index contributed by atoms with van der Waals surface area (Å²) in [7, 11) is 0. The SMILES string of the molecule is CC1CCCC(C#N)(CC2CCC3(CCCC3)O2)C1. The molecule has 19 heavy (non-hydrogen) atoms. The van der Waals surface area contributed by atoms with Crippen LogP contribution in [0, 0.1) is 22.7 Å². The number of hydrogen-bond acceptors (Lipinski definition) is 2. The van der Waals surface area contributed by atoms with E-state index in [1.54, 1.807) is 0 Å². The summed E-state index contributed by atoms with van der Waals surface area (Å²) in [6, 6.07) is 2.67. The number of hydrogen-bond donors (Lipinski definition) is 0. The van der Waals surface area contributed by atoms with Gasteiger partial charge in [-0.15, -0.1) is 0 Å². The van der Waals surface area contributed by atoms with E-state index in [4.69, 9.17) is 4.74 Å². The number of ether oxygens (including phenoxy) is 1. The van der Waals surface area contributed by atoms with Crippen LogP contribution in [0.2, 0.25) is 0 Å². The third-order valence-electron chi connectivity index (χ3n) is 5.80. The second kappa shape index (κ2) is 5.09. The quantitative estimate of drug-likeness (QED) is 0.728. The average Bonchev–Trinajstić information content (AvgIpc) is 3.00. The van der Waals surface area contributed by atoms with Gasteiger partial charge in [-0.3, -0.25) is 0 Å². The fourth-order valence-electron chi connectivity index (χ4n) is 4.85. The molecule has 3 atom stereocenters. The van der Waals surface area contributed by atoms with Crippen molar-refractivity contribution in [2.75, 3.05) is 0 Å². The molecule has 0 bridgehead atoms. The van der Waals surface area contributed by atoms with Crippen LogP contribution in [0.3, 0.4) is 0 Å². The van der Waals surface area contributed by atoms with E-state index in [2.05, 4.69) is 13.0 Å². The fraction of sp³-hybridized carbons (Fsp3) is 0.941. The lowest BCUT2D eigenvalue weighted by molar-refractivity contribution is -0.0529. The van der Waals surface area contributed by atoms with Gasteiger partial charge in [-0.2, -0.15) is 5.26 Å². The highest BCUT2D eigenvalue weighted by atomic mass is 16.5. The molecule has 3 aliphatic rings. The molecule has 1 heterocycles. The van der Waals surface area contributed by atoms with Crippen molar-refractivity contribution in [3.05, 3.63) is 0 Å². The first-order chi connectivity index (χ1) is 9.15. The third-order valence-corrected chi connectivity index (χ3v) is 5.80. The van der Waals surface area contributed by atoms with Crippen LogP contribution >= 0.6 is 0 Å². The van der Waals surface area contributed by atoms with Crippen LogP contribution in [0.15, 0.2) is 0 Å². The minimum atomic E-state index is -0.0769. The molecule has 0 aromatic heterocycles. The highest BCUT2D eigenvalue weighted by Crippen LogP contribution is 2.49. The molecule has 2 heteroatoms. The van der Waals surface area contributed by atoms with E-state index in [0.717, 1.165) is 25.2 Å². The molecule has 0 amide bonds. The van der Waals surface area contributed by atoms with Crippen LogP contribution in [0.5, 0.6) is 0 Å². The lowest BCUT2D eigenvalue weighted by Gasteiger charge is -2.36. The van der Waals surface area contributed by atoms with Crippen LogP contribution in [0.25, 0.3) is 0 Å². The van der Waals surface area contributed by atoms with Crippen molar-refractivity contribution < 1.29 is 4.74 Å². The van der Waals surface area contributed by atoms with E-state index in [-0.39, 0.29) is 11.0 Å². The van der Waals surface area contributed by atoms with Crippen LogP contribution in [-0.2, 0) is 4.74 Å². The summed E-state index contributed by atoms with van der Waals surface area (Å²) in [6.07, 6.45) is 13.7. The van der Waals surface area contributed by atoms with Crippen molar-refractivity contribution in [2.24, 2.45) is 11.3 Å². The molecular formula is C17H27NO. The first-order valence-electron chi connectivity index (χ1n) is 8.25. The fourth-order valence-corrected chi connectivity index (χ4v) is 4.85. The van der Waals surface area contributed by atoms with E-state index < -0.39 is 0 Å². The van der Waals surface area contributed by atoms with Crippen molar-refractivity contribution >= 4 is 0 Å². The van der Waals surface area contributed by atoms with Crippen LogP contribution in [-0.4, -0.2) is 11.7 Å². The Kier molecular flexibility index (Phi) is 3.60. The van der Waals surface area contributed by atoms with E-state index in [1.165, 1.54) is 51.4 Å². The zero-order valence-corrected chi connectivity index (χ0v) is 12.3. The van der Waals surface area contributed by atoms with Gasteiger partial charge in [0.05, 0.1) is 23.2 Å². The van der Waals surface area contributed by atoms with Gasteiger partial charge in [0.15, 0.2) is 0 Å². The normalized spacial score (nSPS) is 41.5. The van der Waals surface area contributed by atoms with Crippen molar-refractivity contribution in [3.63, 3.8) is 0 Å². The van der Waals surface area contributed by atoms with Gasteiger partial charge in [-0.05, 0) is 50.9 Å². The number of nitriles is 1. The maximum Gasteiger partial charge on any atom is 0.0690 e. The Morgan fingerprint density at radius 3 is 2.58 bits per heavy atom. The second-order valence-corrected chi connectivity index (χ2v) is 7.47. The summed E-state index contributed by atoms with van der Waals surface area (Å²) < 4.78 is 6.42. The molecule has 2 nitrogen and oxygen atoms in total. The van der Waals surface area contributed by atoms with Gasteiger partial charge < -0.3 is 4.74 Å². The minimum Gasteiger partial charge on any atom is -0.372 e. The minimum absolute atomic E-state index is 0.0769. The van der Waals surface area contributed by atoms with E-state index in [1.807, 2.05) is 0 Å². The first-order valence-corrected chi connectivity index (χ1v) is 8.25. The Morgan fingerprint density at radius 1 is 1.11 bits per heavy atom. The molecule has 0 N–H and O–H groups in total. The lowest BCUT2D eigenvalue weighted by Crippen LogP contribution is -2.32. The van der Waals surface area contributed by atoms with E-state index >= 15 is 0 Å². The molecule has 3 rings (SSSR count). The zero-order chi connectivity index (χ0) is 13.3. The molecule has 3 unspecified atom stereocenters. The maximum absolute atomic E-state index is 9.67. The van der Waals surface area contributed by atoms with Crippen molar-refractivity contribution in [2.45, 2.75) is 89.3 Å². The molecule has 1 aliphatic heterocycles. The topological polar surface area (TPSA) is 33.0 Å². The highest BCUT2D eigenvalue weighted by Gasteiger charge is 2.45. The molecule has 0 aromatic rings. The van der Waals surface area contributed by atoms with Gasteiger partial charge in [-0.25, -0.2) is 0 Å². The van der Waals surface area contributed by atoms with Gasteiger partial charge in [0, 0.05) is 0 Å². The molecule has 0 radical (unpaired) electrons. The Balaban J connectivity index is 1.63. The predicted molar refractivity (Wildman–Crippen MR) is 75.6 cm³/mol. The van der Waals surface area contributed by atoms with Gasteiger partial charge in [-0.1, -0.05) is 32.6 Å². The summed E-state index contributed by atoms with van der Waals surface area (Å²) in [5.74, 6) is 0.718. The third kappa shape index (κ3) is 2.68. The van der Waals surface area contributed by atoms with Gasteiger partial charge in [0.1, 0.15) is 0 Å². The standard InChI is InChI=1S/C17H27NO/c1-14-5-4-7-16(11-14,13-18)12-15-6-10-17(19-15)8-2-3-9-17/h14-15H,2-12H2,1H3. The number of rotatable bonds is 2. The molecule has 3 fully saturated rings. The summed E-state index contributed by atoms with van der Waals surface area (Å²) >= 11 is 0. The zero-order valence-electron chi connectivity index (χ0n) is 12.3. The maximum atomic E-state index is 9.67. The Hall–Kier alpha value is -0.550. The van der Waals surface area contributed by atoms with Crippen LogP contribution in [0.1, 0.15) is 77.6 Å². The van der Waals surface area contributed by atoms with Crippen molar-refractivity contribution in [3.8, 4) is 6.07 Å². The van der Waals surface area contributed by atoms with Crippen LogP contribution < -0.4 is 0 Å². The van der Waals surface area contributed by atoms with Gasteiger partial charge in [0.2, 0.25) is 0 Å². The summed E-state index contributed by atoms with van der Waals surface area (Å²) in [6.45, 7) is 2.30.